The molecule has 1 saturated heterocycles. The van der Waals surface area contributed by atoms with Crippen LogP contribution in [0.4, 0.5) is 0 Å². The van der Waals surface area contributed by atoms with Crippen LogP contribution in [-0.2, 0) is 14.3 Å². The number of ether oxygens (including phenoxy) is 1. The van der Waals surface area contributed by atoms with E-state index in [-0.39, 0.29) is 36.8 Å². The molecule has 6 N–H and O–H groups in total. The Morgan fingerprint density at radius 2 is 1.59 bits per heavy atom. The highest BCUT2D eigenvalue weighted by atomic mass is 16.5. The normalized spacial score (nSPS) is 14.9. The Labute approximate surface area is 225 Å². The Balaban J connectivity index is 1.62. The van der Waals surface area contributed by atoms with Crippen LogP contribution in [0.15, 0.2) is 59.8 Å². The molecule has 0 saturated carbocycles. The summed E-state index contributed by atoms with van der Waals surface area (Å²) in [6.45, 7) is 0.664. The van der Waals surface area contributed by atoms with Gasteiger partial charge < -0.3 is 36.3 Å². The molecule has 1 aliphatic rings. The fraction of sp³-hybridized carbons (Fsp3) is 0.370. The first-order valence-electron chi connectivity index (χ1n) is 12.6. The molecule has 1 atom stereocenters. The highest BCUT2D eigenvalue weighted by molar-refractivity contribution is 6.00. The number of aliphatic carboxylic acids is 1. The number of nitrogens with zero attached hydrogens (tertiary/aromatic N) is 2. The van der Waals surface area contributed by atoms with Gasteiger partial charge in [0.2, 0.25) is 5.91 Å². The van der Waals surface area contributed by atoms with Crippen molar-refractivity contribution >= 4 is 29.5 Å². The second kappa shape index (κ2) is 14.5. The molecule has 39 heavy (non-hydrogen) atoms. The van der Waals surface area contributed by atoms with E-state index in [1.165, 1.54) is 24.3 Å². The van der Waals surface area contributed by atoms with E-state index in [2.05, 4.69) is 15.8 Å². The molecule has 3 rings (SSSR count). The number of carboxylic acid groups (broad SMARTS) is 1. The number of nitrogens with one attached hydrogen (secondary N) is 2. The third-order valence-electron chi connectivity index (χ3n) is 6.34. The van der Waals surface area contributed by atoms with Gasteiger partial charge in [0.05, 0.1) is 6.10 Å². The predicted molar refractivity (Wildman–Crippen MR) is 141 cm³/mol. The minimum atomic E-state index is -1.05. The molecule has 208 valence electrons. The number of oxime groups is 1. The van der Waals surface area contributed by atoms with E-state index in [1.54, 1.807) is 29.2 Å². The van der Waals surface area contributed by atoms with Crippen molar-refractivity contribution in [2.45, 2.75) is 37.8 Å². The molecule has 0 radical (unpaired) electrons. The van der Waals surface area contributed by atoms with E-state index < -0.39 is 17.9 Å². The number of benzene rings is 2. The number of carbonyl (C=O) groups excluding carboxylic acids is 3. The van der Waals surface area contributed by atoms with Crippen LogP contribution in [0.25, 0.3) is 0 Å². The summed E-state index contributed by atoms with van der Waals surface area (Å²) >= 11 is 0. The molecule has 1 aliphatic heterocycles. The number of likely N-dealkylation sites (tertiary alicyclic amines) is 1. The number of nitrogens with two attached hydrogens (primary N) is 1. The van der Waals surface area contributed by atoms with Gasteiger partial charge in [-0.2, -0.15) is 0 Å². The molecule has 2 aromatic carbocycles. The van der Waals surface area contributed by atoms with Crippen LogP contribution in [0, 0.1) is 0 Å². The Morgan fingerprint density at radius 1 is 0.974 bits per heavy atom. The molecule has 1 fully saturated rings. The van der Waals surface area contributed by atoms with E-state index in [1.807, 2.05) is 6.07 Å². The fourth-order valence-electron chi connectivity index (χ4n) is 4.20. The van der Waals surface area contributed by atoms with Gasteiger partial charge in [0, 0.05) is 36.3 Å². The van der Waals surface area contributed by atoms with Crippen molar-refractivity contribution in [3.05, 3.63) is 71.3 Å². The molecule has 3 amide bonds. The second-order valence-electron chi connectivity index (χ2n) is 9.08. The molecule has 1 heterocycles. The zero-order valence-electron chi connectivity index (χ0n) is 21.4. The number of hydrogen-bond acceptors (Lipinski definition) is 7. The van der Waals surface area contributed by atoms with E-state index in [0.717, 1.165) is 0 Å². The summed E-state index contributed by atoms with van der Waals surface area (Å²) in [5, 5.41) is 26.2. The maximum absolute atomic E-state index is 13.4. The SMILES string of the molecule is N/C(=N\O)c1ccc(C(=O)N[C@@H](CCCNC(=O)c2ccccc2)C(=O)N2CCC(OCC(=O)O)CC2)cc1. The first-order valence-corrected chi connectivity index (χ1v) is 12.6. The van der Waals surface area contributed by atoms with Crippen LogP contribution in [0.1, 0.15) is 52.0 Å². The molecule has 0 bridgehead atoms. The zero-order chi connectivity index (χ0) is 28.2. The maximum Gasteiger partial charge on any atom is 0.329 e. The first-order chi connectivity index (χ1) is 18.8. The molecule has 0 aliphatic carbocycles. The van der Waals surface area contributed by atoms with Gasteiger partial charge in [-0.05, 0) is 49.9 Å². The Kier molecular flexibility index (Phi) is 10.8. The second-order valence-corrected chi connectivity index (χ2v) is 9.08. The van der Waals surface area contributed by atoms with Gasteiger partial charge in [0.15, 0.2) is 5.84 Å². The number of carboxylic acids is 1. The maximum atomic E-state index is 13.4. The van der Waals surface area contributed by atoms with Crippen LogP contribution >= 0.6 is 0 Å². The molecular weight excluding hydrogens is 506 g/mol. The van der Waals surface area contributed by atoms with Gasteiger partial charge in [-0.1, -0.05) is 35.5 Å². The molecule has 0 unspecified atom stereocenters. The number of amidine groups is 1. The van der Waals surface area contributed by atoms with Crippen molar-refractivity contribution in [3.63, 3.8) is 0 Å². The summed E-state index contributed by atoms with van der Waals surface area (Å²) in [4.78, 5) is 51.1. The summed E-state index contributed by atoms with van der Waals surface area (Å²) in [7, 11) is 0. The summed E-state index contributed by atoms with van der Waals surface area (Å²) in [6, 6.07) is 14.0. The Hall–Kier alpha value is -4.45. The average Bonchev–Trinajstić information content (AvgIpc) is 2.97. The zero-order valence-corrected chi connectivity index (χ0v) is 21.4. The summed E-state index contributed by atoms with van der Waals surface area (Å²) in [5.74, 6) is -2.09. The van der Waals surface area contributed by atoms with Crippen molar-refractivity contribution in [2.75, 3.05) is 26.2 Å². The lowest BCUT2D eigenvalue weighted by molar-refractivity contribution is -0.147. The van der Waals surface area contributed by atoms with Gasteiger partial charge in [-0.15, -0.1) is 0 Å². The quantitative estimate of drug-likeness (QED) is 0.0875. The van der Waals surface area contributed by atoms with Gasteiger partial charge >= 0.3 is 5.97 Å². The molecular formula is C27H33N5O7. The molecule has 12 heteroatoms. The molecule has 0 aromatic heterocycles. The molecule has 2 aromatic rings. The van der Waals surface area contributed by atoms with Gasteiger partial charge in [-0.25, -0.2) is 4.79 Å². The predicted octanol–water partition coefficient (Wildman–Crippen LogP) is 1.18. The largest absolute Gasteiger partial charge is 0.480 e. The van der Waals surface area contributed by atoms with Crippen molar-refractivity contribution in [1.82, 2.24) is 15.5 Å². The average molecular weight is 540 g/mol. The van der Waals surface area contributed by atoms with Crippen LogP contribution in [0.2, 0.25) is 0 Å². The van der Waals surface area contributed by atoms with E-state index in [9.17, 15) is 19.2 Å². The lowest BCUT2D eigenvalue weighted by atomic mass is 10.0. The lowest BCUT2D eigenvalue weighted by Gasteiger charge is -2.34. The number of hydrogen-bond donors (Lipinski definition) is 5. The highest BCUT2D eigenvalue weighted by Gasteiger charge is 2.30. The van der Waals surface area contributed by atoms with Crippen molar-refractivity contribution in [2.24, 2.45) is 10.9 Å². The third kappa shape index (κ3) is 8.82. The number of carbonyl (C=O) groups is 4. The minimum absolute atomic E-state index is 0.0942. The topological polar surface area (TPSA) is 184 Å². The van der Waals surface area contributed by atoms with Crippen LogP contribution in [-0.4, -0.2) is 83.1 Å². The van der Waals surface area contributed by atoms with E-state index in [4.69, 9.17) is 20.8 Å². The smallest absolute Gasteiger partial charge is 0.329 e. The Morgan fingerprint density at radius 3 is 2.21 bits per heavy atom. The van der Waals surface area contributed by atoms with E-state index >= 15 is 0 Å². The summed E-state index contributed by atoms with van der Waals surface area (Å²) in [6.07, 6.45) is 1.46. The number of piperidine rings is 1. The summed E-state index contributed by atoms with van der Waals surface area (Å²) < 4.78 is 5.35. The standard InChI is InChI=1S/C27H33N5O7/c28-24(31-38)18-8-10-20(11-9-18)26(36)30-22(7-4-14-29-25(35)19-5-2-1-3-6-19)27(37)32-15-12-21(13-16-32)39-17-23(33)34/h1-3,5-6,8-11,21-22,38H,4,7,12-17H2,(H2,28,31)(H,29,35)(H,30,36)(H,33,34)/t22-/m0/s1. The molecule has 0 spiro atoms. The van der Waals surface area contributed by atoms with Crippen molar-refractivity contribution in [3.8, 4) is 0 Å². The first kappa shape index (κ1) is 29.1. The van der Waals surface area contributed by atoms with Crippen molar-refractivity contribution in [1.29, 1.82) is 0 Å². The van der Waals surface area contributed by atoms with E-state index in [0.29, 0.717) is 55.6 Å². The van der Waals surface area contributed by atoms with Crippen LogP contribution in [0.5, 0.6) is 0 Å². The van der Waals surface area contributed by atoms with Gasteiger partial charge in [0.25, 0.3) is 11.8 Å². The van der Waals surface area contributed by atoms with Crippen molar-refractivity contribution < 1.29 is 34.2 Å². The van der Waals surface area contributed by atoms with Gasteiger partial charge in [-0.3, -0.25) is 14.4 Å². The fourth-order valence-corrected chi connectivity index (χ4v) is 4.20. The lowest BCUT2D eigenvalue weighted by Crippen LogP contribution is -2.51. The molecule has 12 nitrogen and oxygen atoms in total. The van der Waals surface area contributed by atoms with Crippen LogP contribution < -0.4 is 16.4 Å². The van der Waals surface area contributed by atoms with Gasteiger partial charge in [0.1, 0.15) is 12.6 Å². The minimum Gasteiger partial charge on any atom is -0.480 e. The monoisotopic (exact) mass is 539 g/mol. The highest BCUT2D eigenvalue weighted by Crippen LogP contribution is 2.16. The summed E-state index contributed by atoms with van der Waals surface area (Å²) in [5.41, 5.74) is 6.83. The number of rotatable bonds is 12. The Bertz CT molecular complexity index is 1160. The van der Waals surface area contributed by atoms with Crippen LogP contribution in [0.3, 0.4) is 0 Å². The third-order valence-corrected chi connectivity index (χ3v) is 6.34. The number of amides is 3.